The summed E-state index contributed by atoms with van der Waals surface area (Å²) in [6.07, 6.45) is 3.98. The van der Waals surface area contributed by atoms with Gasteiger partial charge in [0.15, 0.2) is 0 Å². The van der Waals surface area contributed by atoms with Crippen LogP contribution in [0.5, 0.6) is 0 Å². The minimum absolute atomic E-state index is 0.0833. The van der Waals surface area contributed by atoms with Crippen LogP contribution in [0.4, 0.5) is 15.8 Å². The van der Waals surface area contributed by atoms with Gasteiger partial charge < -0.3 is 15.2 Å². The second-order valence-corrected chi connectivity index (χ2v) is 9.81. The third-order valence-corrected chi connectivity index (χ3v) is 7.23. The predicted octanol–water partition coefficient (Wildman–Crippen LogP) is 4.53. The molecule has 5 rings (SSSR count). The molecule has 2 N–H and O–H groups in total. The first-order chi connectivity index (χ1) is 16.7. The summed E-state index contributed by atoms with van der Waals surface area (Å²) >= 11 is 0. The number of anilines is 2. The van der Waals surface area contributed by atoms with E-state index < -0.39 is 17.3 Å². The van der Waals surface area contributed by atoms with Crippen molar-refractivity contribution in [2.75, 3.05) is 10.2 Å². The Hall–Kier alpha value is -3.68. The van der Waals surface area contributed by atoms with Crippen molar-refractivity contribution in [2.45, 2.75) is 64.6 Å². The maximum Gasteiger partial charge on any atom is 0.278 e. The quantitative estimate of drug-likeness (QED) is 0.581. The Morgan fingerprint density at radius 2 is 1.83 bits per heavy atom. The third-order valence-electron chi connectivity index (χ3n) is 7.23. The van der Waals surface area contributed by atoms with E-state index in [2.05, 4.69) is 10.6 Å². The summed E-state index contributed by atoms with van der Waals surface area (Å²) in [5.74, 6) is -1.49. The molecule has 2 aliphatic rings. The van der Waals surface area contributed by atoms with Crippen molar-refractivity contribution in [1.82, 2.24) is 9.88 Å². The van der Waals surface area contributed by atoms with E-state index in [0.29, 0.717) is 16.6 Å². The van der Waals surface area contributed by atoms with Gasteiger partial charge in [0, 0.05) is 24.0 Å². The Morgan fingerprint density at radius 1 is 1.11 bits per heavy atom. The number of nitrogens with zero attached hydrogens (tertiary/aromatic N) is 2. The molecule has 8 heteroatoms. The number of aromatic nitrogens is 1. The van der Waals surface area contributed by atoms with Gasteiger partial charge in [0.25, 0.3) is 5.91 Å². The van der Waals surface area contributed by atoms with Crippen molar-refractivity contribution in [2.24, 2.45) is 0 Å². The summed E-state index contributed by atoms with van der Waals surface area (Å²) in [4.78, 5) is 41.7. The molecule has 1 saturated carbocycles. The smallest absolute Gasteiger partial charge is 0.278 e. The van der Waals surface area contributed by atoms with Gasteiger partial charge >= 0.3 is 0 Å². The predicted molar refractivity (Wildman–Crippen MR) is 133 cm³/mol. The number of halogens is 1. The summed E-state index contributed by atoms with van der Waals surface area (Å²) in [7, 11) is 0. The largest absolute Gasteiger partial charge is 0.351 e. The molecule has 1 aliphatic heterocycles. The number of carbonyl (C=O) groups is 3. The molecule has 7 nitrogen and oxygen atoms in total. The van der Waals surface area contributed by atoms with Crippen LogP contribution in [0.15, 0.2) is 42.5 Å². The Bertz CT molecular complexity index is 1360. The molecule has 1 aliphatic carbocycles. The summed E-state index contributed by atoms with van der Waals surface area (Å²) in [5, 5.41) is 6.35. The van der Waals surface area contributed by atoms with Crippen LogP contribution < -0.4 is 15.5 Å². The molecular formula is C27H29FN4O3. The number of fused-ring (bicyclic) bond motifs is 3. The first-order valence-electron chi connectivity index (χ1n) is 12.0. The van der Waals surface area contributed by atoms with Crippen molar-refractivity contribution in [1.29, 1.82) is 0 Å². The fraction of sp³-hybridized carbons (Fsp3) is 0.370. The highest BCUT2D eigenvalue weighted by molar-refractivity contribution is 6.20. The van der Waals surface area contributed by atoms with E-state index in [0.717, 1.165) is 31.2 Å². The highest BCUT2D eigenvalue weighted by Crippen LogP contribution is 2.42. The number of amides is 3. The van der Waals surface area contributed by atoms with Gasteiger partial charge in [-0.2, -0.15) is 0 Å². The number of carbonyl (C=O) groups excluding carboxylic acids is 3. The van der Waals surface area contributed by atoms with E-state index in [1.807, 2.05) is 31.2 Å². The number of benzene rings is 2. The standard InChI is InChI=1S/C27H29FN4O3/c1-16-8-4-7-11-21(16)32-25(34)24-23(29-17(2)33)20-14-18(28)12-13-22(20)31(24)15-27(32,3)26(35)30-19-9-5-6-10-19/h4,7-8,11-14,19H,5-6,9-10,15H2,1-3H3,(H,29,33)(H,30,35)/t27-/m1/s1. The average molecular weight is 477 g/mol. The fourth-order valence-corrected chi connectivity index (χ4v) is 5.50. The highest BCUT2D eigenvalue weighted by Gasteiger charge is 2.50. The maximum atomic E-state index is 14.3. The number of hydrogen-bond donors (Lipinski definition) is 2. The molecule has 3 amide bonds. The first kappa shape index (κ1) is 23.1. The number of hydrogen-bond acceptors (Lipinski definition) is 3. The molecule has 1 fully saturated rings. The van der Waals surface area contributed by atoms with Crippen molar-refractivity contribution >= 4 is 40.0 Å². The van der Waals surface area contributed by atoms with E-state index in [1.54, 1.807) is 22.5 Å². The summed E-state index contributed by atoms with van der Waals surface area (Å²) < 4.78 is 16.0. The number of nitrogens with one attached hydrogen (secondary N) is 2. The minimum atomic E-state index is -1.24. The monoisotopic (exact) mass is 476 g/mol. The van der Waals surface area contributed by atoms with Crippen LogP contribution >= 0.6 is 0 Å². The molecule has 1 atom stereocenters. The summed E-state index contributed by atoms with van der Waals surface area (Å²) in [5.41, 5.74) is 1.30. The lowest BCUT2D eigenvalue weighted by Gasteiger charge is -2.45. The lowest BCUT2D eigenvalue weighted by atomic mass is 9.92. The van der Waals surface area contributed by atoms with Gasteiger partial charge in [-0.25, -0.2) is 4.39 Å². The summed E-state index contributed by atoms with van der Waals surface area (Å²) in [6, 6.07) is 11.7. The molecule has 2 heterocycles. The third kappa shape index (κ3) is 3.77. The van der Waals surface area contributed by atoms with Crippen molar-refractivity contribution in [3.05, 3.63) is 59.5 Å². The fourth-order valence-electron chi connectivity index (χ4n) is 5.50. The lowest BCUT2D eigenvalue weighted by molar-refractivity contribution is -0.127. The molecule has 35 heavy (non-hydrogen) atoms. The zero-order valence-corrected chi connectivity index (χ0v) is 20.2. The van der Waals surface area contributed by atoms with Crippen LogP contribution in [0.25, 0.3) is 10.9 Å². The Labute approximate surface area is 203 Å². The van der Waals surface area contributed by atoms with Gasteiger partial charge in [0.05, 0.1) is 17.7 Å². The average Bonchev–Trinajstić information content (AvgIpc) is 3.41. The second kappa shape index (κ2) is 8.52. The second-order valence-electron chi connectivity index (χ2n) is 9.81. The van der Waals surface area contributed by atoms with Crippen molar-refractivity contribution < 1.29 is 18.8 Å². The van der Waals surface area contributed by atoms with Crippen LogP contribution in [0.1, 0.15) is 55.6 Å². The van der Waals surface area contributed by atoms with Crippen LogP contribution in [-0.2, 0) is 16.1 Å². The zero-order chi connectivity index (χ0) is 24.9. The van der Waals surface area contributed by atoms with Gasteiger partial charge in [-0.1, -0.05) is 31.0 Å². The normalized spacial score (nSPS) is 20.2. The van der Waals surface area contributed by atoms with Gasteiger partial charge in [-0.05, 0) is 56.5 Å². The lowest BCUT2D eigenvalue weighted by Crippen LogP contribution is -2.65. The number of para-hydroxylation sites is 1. The van der Waals surface area contributed by atoms with Gasteiger partial charge in [0.1, 0.15) is 17.1 Å². The van der Waals surface area contributed by atoms with E-state index in [1.165, 1.54) is 19.1 Å². The Balaban J connectivity index is 1.73. The van der Waals surface area contributed by atoms with E-state index in [-0.39, 0.29) is 35.8 Å². The molecule has 3 aromatic rings. The van der Waals surface area contributed by atoms with Crippen LogP contribution in [0.3, 0.4) is 0 Å². The molecule has 182 valence electrons. The van der Waals surface area contributed by atoms with Crippen LogP contribution in [0.2, 0.25) is 0 Å². The van der Waals surface area contributed by atoms with Gasteiger partial charge in [-0.3, -0.25) is 19.3 Å². The van der Waals surface area contributed by atoms with Crippen molar-refractivity contribution in [3.63, 3.8) is 0 Å². The van der Waals surface area contributed by atoms with E-state index in [4.69, 9.17) is 0 Å². The molecule has 0 saturated heterocycles. The van der Waals surface area contributed by atoms with Gasteiger partial charge in [-0.15, -0.1) is 0 Å². The number of aryl methyl sites for hydroxylation is 1. The summed E-state index contributed by atoms with van der Waals surface area (Å²) in [6.45, 7) is 5.17. The van der Waals surface area contributed by atoms with E-state index >= 15 is 0 Å². The van der Waals surface area contributed by atoms with Gasteiger partial charge in [0.2, 0.25) is 11.8 Å². The maximum absolute atomic E-state index is 14.3. The topological polar surface area (TPSA) is 83.4 Å². The molecule has 0 spiro atoms. The first-order valence-corrected chi connectivity index (χ1v) is 12.0. The van der Waals surface area contributed by atoms with E-state index in [9.17, 15) is 18.8 Å². The number of rotatable bonds is 4. The Kier molecular flexibility index (Phi) is 5.62. The molecule has 0 unspecified atom stereocenters. The van der Waals surface area contributed by atoms with Crippen LogP contribution in [-0.4, -0.2) is 33.9 Å². The molecule has 1 aromatic heterocycles. The highest BCUT2D eigenvalue weighted by atomic mass is 19.1. The van der Waals surface area contributed by atoms with Crippen LogP contribution in [0, 0.1) is 12.7 Å². The Morgan fingerprint density at radius 3 is 2.51 bits per heavy atom. The minimum Gasteiger partial charge on any atom is -0.351 e. The molecule has 0 bridgehead atoms. The molecule has 2 aromatic carbocycles. The molecule has 0 radical (unpaired) electrons. The SMILES string of the molecule is CC(=O)Nc1c2n(c3ccc(F)cc13)C[C@](C)(C(=O)NC1CCCC1)N(c1ccccc1C)C2=O. The molecular weight excluding hydrogens is 447 g/mol. The zero-order valence-electron chi connectivity index (χ0n) is 20.2. The van der Waals surface area contributed by atoms with Crippen molar-refractivity contribution in [3.8, 4) is 0 Å².